The molecule has 5 rings (SSSR count). The van der Waals surface area contributed by atoms with Crippen molar-refractivity contribution in [2.45, 2.75) is 70.6 Å². The van der Waals surface area contributed by atoms with E-state index in [9.17, 15) is 28.3 Å². The zero-order chi connectivity index (χ0) is 38.1. The molecule has 13 nitrogen and oxygen atoms in total. The van der Waals surface area contributed by atoms with Crippen molar-refractivity contribution in [2.75, 3.05) is 33.4 Å². The van der Waals surface area contributed by atoms with E-state index in [1.165, 1.54) is 24.3 Å². The number of pyridine rings is 1. The van der Waals surface area contributed by atoms with Gasteiger partial charge in [0.05, 0.1) is 38.4 Å². The largest absolute Gasteiger partial charge is 0.453 e. The Labute approximate surface area is 307 Å². The zero-order valence-electron chi connectivity index (χ0n) is 30.2. The second-order valence-electron chi connectivity index (χ2n) is 14.3. The van der Waals surface area contributed by atoms with Crippen molar-refractivity contribution in [3.8, 4) is 11.1 Å². The number of nitrogens with zero attached hydrogens (tertiary/aromatic N) is 2. The number of fused-ring (bicyclic) bond motifs is 1. The molecular weight excluding hydrogens is 692 g/mol. The lowest BCUT2D eigenvalue weighted by Crippen LogP contribution is -2.59. The molecule has 0 unspecified atom stereocenters. The molecule has 2 saturated heterocycles. The van der Waals surface area contributed by atoms with E-state index in [1.54, 1.807) is 33.2 Å². The van der Waals surface area contributed by atoms with Gasteiger partial charge in [-0.3, -0.25) is 15.2 Å². The molecule has 0 bridgehead atoms. The average Bonchev–Trinajstić information content (AvgIpc) is 3.74. The molecule has 2 fully saturated rings. The summed E-state index contributed by atoms with van der Waals surface area (Å²) in [7, 11) is 1.18. The van der Waals surface area contributed by atoms with Crippen LogP contribution >= 0.6 is 0 Å². The number of methoxy groups -OCH3 is 1. The van der Waals surface area contributed by atoms with Crippen LogP contribution in [0.2, 0.25) is 0 Å². The quantitative estimate of drug-likeness (QED) is 0.177. The first kappa shape index (κ1) is 39.5. The normalized spacial score (nSPS) is 19.9. The minimum atomic E-state index is -1.31. The van der Waals surface area contributed by atoms with Crippen LogP contribution in [0.5, 0.6) is 0 Å². The number of carbonyl (C=O) groups excluding carboxylic acids is 3. The summed E-state index contributed by atoms with van der Waals surface area (Å²) in [5, 5.41) is 18.5. The third-order valence-corrected chi connectivity index (χ3v) is 9.26. The SMILES string of the molecule is COC(=O)N[C@H](C(=O)NN(CCc1cc(F)cc(F)c1)C[C@H](O)[C@H](Cc1ccc(-c2cccnc2)cc1)NC(=O)O[C@H]1CO[C@H]2OCC[C@H]21)C(C)(C)C. The molecule has 1 aromatic heterocycles. The van der Waals surface area contributed by atoms with Gasteiger partial charge in [0, 0.05) is 31.5 Å². The molecular formula is C38H47F2N5O8. The molecule has 3 amide bonds. The first-order valence-electron chi connectivity index (χ1n) is 17.5. The van der Waals surface area contributed by atoms with Gasteiger partial charge >= 0.3 is 12.2 Å². The Hall–Kier alpha value is -4.70. The molecule has 0 spiro atoms. The van der Waals surface area contributed by atoms with Gasteiger partial charge in [-0.25, -0.2) is 23.4 Å². The molecule has 4 N–H and O–H groups in total. The zero-order valence-corrected chi connectivity index (χ0v) is 30.2. The van der Waals surface area contributed by atoms with Gasteiger partial charge in [-0.15, -0.1) is 0 Å². The summed E-state index contributed by atoms with van der Waals surface area (Å²) in [5.74, 6) is -2.24. The van der Waals surface area contributed by atoms with Crippen LogP contribution in [-0.4, -0.2) is 97.2 Å². The molecule has 0 saturated carbocycles. The average molecular weight is 740 g/mol. The van der Waals surface area contributed by atoms with Crippen molar-refractivity contribution in [3.63, 3.8) is 0 Å². The van der Waals surface area contributed by atoms with Gasteiger partial charge in [-0.2, -0.15) is 0 Å². The second-order valence-corrected chi connectivity index (χ2v) is 14.3. The van der Waals surface area contributed by atoms with Crippen LogP contribution in [0.15, 0.2) is 67.0 Å². The van der Waals surface area contributed by atoms with Crippen LogP contribution in [0.4, 0.5) is 18.4 Å². The Balaban J connectivity index is 1.37. The summed E-state index contributed by atoms with van der Waals surface area (Å²) in [4.78, 5) is 43.4. The Morgan fingerprint density at radius 2 is 1.74 bits per heavy atom. The molecule has 0 aliphatic carbocycles. The summed E-state index contributed by atoms with van der Waals surface area (Å²) in [5.41, 5.74) is 4.95. The van der Waals surface area contributed by atoms with E-state index in [-0.39, 0.29) is 38.5 Å². The fraction of sp³-hybridized carbons (Fsp3) is 0.474. The number of rotatable bonds is 14. The molecule has 3 heterocycles. The maximum atomic E-state index is 14.1. The highest BCUT2D eigenvalue weighted by atomic mass is 19.1. The van der Waals surface area contributed by atoms with Crippen molar-refractivity contribution < 1.29 is 47.2 Å². The molecule has 2 aliphatic heterocycles. The van der Waals surface area contributed by atoms with E-state index in [0.29, 0.717) is 18.6 Å². The van der Waals surface area contributed by atoms with Crippen molar-refractivity contribution in [1.82, 2.24) is 26.1 Å². The number of ether oxygens (including phenoxy) is 4. The van der Waals surface area contributed by atoms with Crippen LogP contribution in [0.1, 0.15) is 38.3 Å². The minimum absolute atomic E-state index is 0.000234. The standard InChI is InChI=1S/C38H47F2N5O8/c1-38(2,3)33(43-36(48)50-4)34(47)44-45(14-11-24-16-27(39)19-28(40)17-24)21-31(46)30(42-37(49)53-32-22-52-35-29(32)12-15-51-35)18-23-7-9-25(10-8-23)26-6-5-13-41-20-26/h5-10,13,16-17,19-20,29-33,35,46H,11-12,14-15,18,21-22H2,1-4H3,(H,42,49)(H,43,48)(H,44,47)/t29-,30-,31-,32-,33+,35+/m0/s1. The topological polar surface area (TPSA) is 161 Å². The van der Waals surface area contributed by atoms with Gasteiger partial charge in [0.25, 0.3) is 5.91 Å². The predicted octanol–water partition coefficient (Wildman–Crippen LogP) is 4.13. The first-order valence-corrected chi connectivity index (χ1v) is 17.5. The number of amides is 3. The molecule has 6 atom stereocenters. The molecule has 53 heavy (non-hydrogen) atoms. The smallest absolute Gasteiger partial charge is 0.407 e. The fourth-order valence-electron chi connectivity index (χ4n) is 6.41. The number of aromatic nitrogens is 1. The highest BCUT2D eigenvalue weighted by molar-refractivity contribution is 5.86. The lowest BCUT2D eigenvalue weighted by atomic mass is 9.86. The number of carbonyl (C=O) groups is 3. The van der Waals surface area contributed by atoms with Crippen LogP contribution in [0.3, 0.4) is 0 Å². The van der Waals surface area contributed by atoms with E-state index in [0.717, 1.165) is 22.8 Å². The highest BCUT2D eigenvalue weighted by Crippen LogP contribution is 2.33. The second kappa shape index (κ2) is 17.9. The van der Waals surface area contributed by atoms with Crippen LogP contribution in [0.25, 0.3) is 11.1 Å². The van der Waals surface area contributed by atoms with E-state index in [1.807, 2.05) is 36.4 Å². The summed E-state index contributed by atoms with van der Waals surface area (Å²) >= 11 is 0. The summed E-state index contributed by atoms with van der Waals surface area (Å²) in [6, 6.07) is 12.5. The number of alkyl carbamates (subject to hydrolysis) is 2. The van der Waals surface area contributed by atoms with E-state index >= 15 is 0 Å². The summed E-state index contributed by atoms with van der Waals surface area (Å²) < 4.78 is 49.8. The van der Waals surface area contributed by atoms with E-state index < -0.39 is 65.7 Å². The van der Waals surface area contributed by atoms with Gasteiger partial charge < -0.3 is 34.7 Å². The number of hydrogen-bond acceptors (Lipinski definition) is 10. The van der Waals surface area contributed by atoms with Crippen LogP contribution in [0, 0.1) is 23.0 Å². The number of aliphatic hydroxyl groups is 1. The molecule has 0 radical (unpaired) electrons. The van der Waals surface area contributed by atoms with Gasteiger partial charge in [-0.1, -0.05) is 51.1 Å². The summed E-state index contributed by atoms with van der Waals surface area (Å²) in [6.45, 7) is 5.71. The third-order valence-electron chi connectivity index (χ3n) is 9.26. The Morgan fingerprint density at radius 1 is 1.00 bits per heavy atom. The maximum absolute atomic E-state index is 14.1. The van der Waals surface area contributed by atoms with Gasteiger partial charge in [0.15, 0.2) is 6.29 Å². The van der Waals surface area contributed by atoms with Crippen molar-refractivity contribution in [3.05, 3.63) is 89.8 Å². The lowest BCUT2D eigenvalue weighted by Gasteiger charge is -2.34. The first-order chi connectivity index (χ1) is 25.3. The Kier molecular flexibility index (Phi) is 13.3. The number of halogens is 2. The van der Waals surface area contributed by atoms with E-state index in [2.05, 4.69) is 21.0 Å². The van der Waals surface area contributed by atoms with Crippen molar-refractivity contribution in [1.29, 1.82) is 0 Å². The number of hydrogen-bond donors (Lipinski definition) is 4. The molecule has 3 aromatic rings. The number of benzene rings is 2. The van der Waals surface area contributed by atoms with Gasteiger partial charge in [0.2, 0.25) is 0 Å². The highest BCUT2D eigenvalue weighted by Gasteiger charge is 2.44. The van der Waals surface area contributed by atoms with Crippen LogP contribution < -0.4 is 16.1 Å². The van der Waals surface area contributed by atoms with E-state index in [4.69, 9.17) is 18.9 Å². The minimum Gasteiger partial charge on any atom is -0.453 e. The molecule has 286 valence electrons. The van der Waals surface area contributed by atoms with Gasteiger partial charge in [0.1, 0.15) is 23.8 Å². The number of hydrazine groups is 1. The predicted molar refractivity (Wildman–Crippen MR) is 189 cm³/mol. The van der Waals surface area contributed by atoms with Gasteiger partial charge in [-0.05, 0) is 65.1 Å². The molecule has 2 aromatic carbocycles. The molecule has 15 heteroatoms. The Morgan fingerprint density at radius 3 is 2.40 bits per heavy atom. The molecule has 2 aliphatic rings. The number of nitrogens with one attached hydrogen (secondary N) is 3. The lowest BCUT2D eigenvalue weighted by molar-refractivity contribution is -0.131. The third kappa shape index (κ3) is 11.2. The van der Waals surface area contributed by atoms with Crippen molar-refractivity contribution in [2.24, 2.45) is 11.3 Å². The summed E-state index contributed by atoms with van der Waals surface area (Å²) in [6.07, 6.45) is 0.521. The van der Waals surface area contributed by atoms with Crippen LogP contribution in [-0.2, 0) is 36.6 Å². The fourth-order valence-corrected chi connectivity index (χ4v) is 6.41. The monoisotopic (exact) mass is 739 g/mol. The Bertz CT molecular complexity index is 1670. The maximum Gasteiger partial charge on any atom is 0.407 e. The number of aliphatic hydroxyl groups excluding tert-OH is 1. The van der Waals surface area contributed by atoms with Crippen molar-refractivity contribution >= 4 is 18.1 Å².